The van der Waals surface area contributed by atoms with Crippen LogP contribution in [-0.2, 0) is 0 Å². The van der Waals surface area contributed by atoms with Crippen molar-refractivity contribution >= 4 is 17.1 Å². The first-order chi connectivity index (χ1) is 10.7. The number of fused-ring (bicyclic) bond motifs is 1. The summed E-state index contributed by atoms with van der Waals surface area (Å²) in [7, 11) is 0. The van der Waals surface area contributed by atoms with Gasteiger partial charge in [-0.2, -0.15) is 0 Å². The molecule has 0 aliphatic heterocycles. The lowest BCUT2D eigenvalue weighted by Gasteiger charge is -2.21. The maximum atomic E-state index is 11.6. The van der Waals surface area contributed by atoms with Gasteiger partial charge < -0.3 is 14.4 Å². The van der Waals surface area contributed by atoms with Crippen LogP contribution in [0.4, 0.5) is 0 Å². The molecule has 4 rings (SSSR count). The van der Waals surface area contributed by atoms with Crippen molar-refractivity contribution in [1.82, 2.24) is 10.1 Å². The Balaban J connectivity index is 1.73. The summed E-state index contributed by atoms with van der Waals surface area (Å²) in [4.78, 5) is 16.0. The zero-order valence-corrected chi connectivity index (χ0v) is 12.2. The zero-order chi connectivity index (χ0) is 15.1. The minimum Gasteiger partial charge on any atom is -0.478 e. The maximum Gasteiger partial charge on any atom is 0.336 e. The Labute approximate surface area is 127 Å². The van der Waals surface area contributed by atoms with E-state index >= 15 is 0 Å². The number of aromatic nitrogens is 2. The van der Waals surface area contributed by atoms with Gasteiger partial charge in [-0.3, -0.25) is 0 Å². The molecule has 6 heteroatoms. The third-order valence-corrected chi connectivity index (χ3v) is 4.49. The molecule has 0 aromatic carbocycles. The zero-order valence-electron chi connectivity index (χ0n) is 12.2. The Bertz CT molecular complexity index is 714. The average molecular weight is 302 g/mol. The number of carboxylic acid groups (broad SMARTS) is 1. The molecule has 2 heterocycles. The Morgan fingerprint density at radius 1 is 1.23 bits per heavy atom. The van der Waals surface area contributed by atoms with Crippen LogP contribution >= 0.6 is 0 Å². The summed E-state index contributed by atoms with van der Waals surface area (Å²) in [5, 5.41) is 13.8. The van der Waals surface area contributed by atoms with Crippen molar-refractivity contribution < 1.29 is 19.2 Å². The fourth-order valence-corrected chi connectivity index (χ4v) is 3.12. The molecular formula is C16H18N2O4. The van der Waals surface area contributed by atoms with E-state index in [2.05, 4.69) is 10.1 Å². The number of pyridine rings is 1. The molecule has 0 amide bonds. The summed E-state index contributed by atoms with van der Waals surface area (Å²) in [5.41, 5.74) is 1.23. The van der Waals surface area contributed by atoms with E-state index in [9.17, 15) is 9.90 Å². The van der Waals surface area contributed by atoms with Crippen LogP contribution < -0.4 is 4.74 Å². The molecule has 6 nitrogen and oxygen atoms in total. The summed E-state index contributed by atoms with van der Waals surface area (Å²) >= 11 is 0. The van der Waals surface area contributed by atoms with Crippen LogP contribution in [-0.4, -0.2) is 27.3 Å². The largest absolute Gasteiger partial charge is 0.478 e. The third kappa shape index (κ3) is 2.42. The van der Waals surface area contributed by atoms with Crippen molar-refractivity contribution in [2.75, 3.05) is 0 Å². The highest BCUT2D eigenvalue weighted by Gasteiger charge is 2.30. The number of hydrogen-bond acceptors (Lipinski definition) is 5. The van der Waals surface area contributed by atoms with Crippen LogP contribution in [0.5, 0.6) is 5.88 Å². The first-order valence-corrected chi connectivity index (χ1v) is 7.92. The molecule has 0 saturated heterocycles. The van der Waals surface area contributed by atoms with Gasteiger partial charge >= 0.3 is 5.97 Å². The predicted molar refractivity (Wildman–Crippen MR) is 78.2 cm³/mol. The summed E-state index contributed by atoms with van der Waals surface area (Å²) in [6, 6.07) is 1.65. The van der Waals surface area contributed by atoms with Gasteiger partial charge in [-0.05, 0) is 49.7 Å². The van der Waals surface area contributed by atoms with Gasteiger partial charge in [-0.15, -0.1) is 0 Å². The lowest BCUT2D eigenvalue weighted by Crippen LogP contribution is -2.20. The van der Waals surface area contributed by atoms with Crippen molar-refractivity contribution in [2.45, 2.75) is 57.0 Å². The van der Waals surface area contributed by atoms with Crippen molar-refractivity contribution in [1.29, 1.82) is 0 Å². The van der Waals surface area contributed by atoms with Crippen LogP contribution in [0.3, 0.4) is 0 Å². The Morgan fingerprint density at radius 2 is 2.00 bits per heavy atom. The smallest absolute Gasteiger partial charge is 0.336 e. The van der Waals surface area contributed by atoms with E-state index in [1.807, 2.05) is 0 Å². The van der Waals surface area contributed by atoms with E-state index in [0.29, 0.717) is 11.3 Å². The van der Waals surface area contributed by atoms with Crippen LogP contribution in [0.2, 0.25) is 0 Å². The molecule has 22 heavy (non-hydrogen) atoms. The molecule has 2 fully saturated rings. The molecule has 2 aliphatic rings. The number of nitrogens with zero attached hydrogens (tertiary/aromatic N) is 2. The fraction of sp³-hybridized carbons (Fsp3) is 0.562. The van der Waals surface area contributed by atoms with Gasteiger partial charge in [-0.25, -0.2) is 9.78 Å². The average Bonchev–Trinajstić information content (AvgIpc) is 3.30. The summed E-state index contributed by atoms with van der Waals surface area (Å²) in [6.07, 6.45) is 7.65. The van der Waals surface area contributed by atoms with Crippen molar-refractivity contribution in [3.05, 3.63) is 17.3 Å². The fourth-order valence-electron chi connectivity index (χ4n) is 3.12. The van der Waals surface area contributed by atoms with Gasteiger partial charge in [0.05, 0.1) is 5.56 Å². The molecule has 1 N–H and O–H groups in total. The first kappa shape index (κ1) is 13.5. The van der Waals surface area contributed by atoms with Gasteiger partial charge in [0.15, 0.2) is 0 Å². The Hall–Kier alpha value is -2.11. The SMILES string of the molecule is O=C(O)c1cc(C2CC2)nc2onc(OC3CCCCC3)c12. The van der Waals surface area contributed by atoms with E-state index in [0.717, 1.165) is 44.2 Å². The van der Waals surface area contributed by atoms with Crippen LogP contribution in [0, 0.1) is 0 Å². The van der Waals surface area contributed by atoms with Crippen LogP contribution in [0.1, 0.15) is 66.9 Å². The van der Waals surface area contributed by atoms with E-state index < -0.39 is 5.97 Å². The number of carboxylic acids is 1. The highest BCUT2D eigenvalue weighted by atomic mass is 16.5. The number of rotatable bonds is 4. The highest BCUT2D eigenvalue weighted by Crippen LogP contribution is 2.41. The van der Waals surface area contributed by atoms with Crippen LogP contribution in [0.15, 0.2) is 10.6 Å². The van der Waals surface area contributed by atoms with E-state index in [1.165, 1.54) is 6.42 Å². The van der Waals surface area contributed by atoms with E-state index in [4.69, 9.17) is 9.26 Å². The second-order valence-corrected chi connectivity index (χ2v) is 6.22. The molecule has 2 aliphatic carbocycles. The summed E-state index contributed by atoms with van der Waals surface area (Å²) < 4.78 is 11.2. The quantitative estimate of drug-likeness (QED) is 0.930. The summed E-state index contributed by atoms with van der Waals surface area (Å²) in [6.45, 7) is 0. The van der Waals surface area contributed by atoms with Gasteiger partial charge in [0.1, 0.15) is 11.5 Å². The van der Waals surface area contributed by atoms with Gasteiger partial charge in [0, 0.05) is 11.6 Å². The third-order valence-electron chi connectivity index (χ3n) is 4.49. The normalized spacial score (nSPS) is 19.5. The number of aromatic carboxylic acids is 1. The number of ether oxygens (including phenoxy) is 1. The second kappa shape index (κ2) is 5.26. The van der Waals surface area contributed by atoms with Crippen molar-refractivity contribution in [3.63, 3.8) is 0 Å². The molecule has 2 saturated carbocycles. The molecule has 116 valence electrons. The molecule has 0 radical (unpaired) electrons. The molecule has 2 aromatic rings. The highest BCUT2D eigenvalue weighted by molar-refractivity contribution is 6.03. The number of carbonyl (C=O) groups is 1. The molecule has 0 spiro atoms. The minimum atomic E-state index is -0.994. The van der Waals surface area contributed by atoms with Crippen molar-refractivity contribution in [3.8, 4) is 5.88 Å². The molecule has 0 unspecified atom stereocenters. The summed E-state index contributed by atoms with van der Waals surface area (Å²) in [5.74, 6) is -0.365. The van der Waals surface area contributed by atoms with Gasteiger partial charge in [0.25, 0.3) is 11.6 Å². The van der Waals surface area contributed by atoms with Crippen LogP contribution in [0.25, 0.3) is 11.1 Å². The maximum absolute atomic E-state index is 11.6. The standard InChI is InChI=1S/C16H18N2O4/c19-16(20)11-8-12(9-6-7-9)17-14-13(11)15(18-22-14)21-10-4-2-1-3-5-10/h8-10H,1-7H2,(H,19,20). The number of hydrogen-bond donors (Lipinski definition) is 1. The minimum absolute atomic E-state index is 0.0896. The Kier molecular flexibility index (Phi) is 3.24. The van der Waals surface area contributed by atoms with E-state index in [1.54, 1.807) is 6.07 Å². The molecule has 0 atom stereocenters. The van der Waals surface area contributed by atoms with Gasteiger partial charge in [-0.1, -0.05) is 6.42 Å². The predicted octanol–water partition coefficient (Wildman–Crippen LogP) is 3.51. The van der Waals surface area contributed by atoms with E-state index in [-0.39, 0.29) is 23.3 Å². The second-order valence-electron chi connectivity index (χ2n) is 6.22. The first-order valence-electron chi connectivity index (χ1n) is 7.92. The van der Waals surface area contributed by atoms with Gasteiger partial charge in [0.2, 0.25) is 0 Å². The lowest BCUT2D eigenvalue weighted by atomic mass is 9.98. The monoisotopic (exact) mass is 302 g/mol. The van der Waals surface area contributed by atoms with Crippen molar-refractivity contribution in [2.24, 2.45) is 0 Å². The topological polar surface area (TPSA) is 85.5 Å². The molecular weight excluding hydrogens is 284 g/mol. The molecule has 0 bridgehead atoms. The lowest BCUT2D eigenvalue weighted by molar-refractivity contribution is 0.0698. The Morgan fingerprint density at radius 3 is 2.68 bits per heavy atom. The molecule has 2 aromatic heterocycles.